The first-order valence-electron chi connectivity index (χ1n) is 12.6. The summed E-state index contributed by atoms with van der Waals surface area (Å²) in [5.74, 6) is 0. The van der Waals surface area contributed by atoms with E-state index < -0.39 is 5.66 Å². The Morgan fingerprint density at radius 2 is 1.77 bits per heavy atom. The van der Waals surface area contributed by atoms with Gasteiger partial charge in [0.1, 0.15) is 11.9 Å². The van der Waals surface area contributed by atoms with Crippen molar-refractivity contribution >= 4 is 28.8 Å². The summed E-state index contributed by atoms with van der Waals surface area (Å²) in [6.45, 7) is 12.4. The quantitative estimate of drug-likeness (QED) is 0.599. The Kier molecular flexibility index (Phi) is 5.79. The average Bonchev–Trinajstić information content (AvgIpc) is 3.21. The van der Waals surface area contributed by atoms with E-state index in [9.17, 15) is 9.59 Å². The van der Waals surface area contributed by atoms with Crippen molar-refractivity contribution < 1.29 is 9.59 Å². The van der Waals surface area contributed by atoms with Crippen LogP contribution in [0.15, 0.2) is 48.7 Å². The second-order valence-electron chi connectivity index (χ2n) is 10.8. The summed E-state index contributed by atoms with van der Waals surface area (Å²) in [4.78, 5) is 36.3. The molecule has 1 unspecified atom stereocenters. The number of allylic oxidation sites excluding steroid dienone is 1. The van der Waals surface area contributed by atoms with E-state index in [2.05, 4.69) is 83.5 Å². The molecule has 0 aliphatic carbocycles. The molecule has 0 aromatic heterocycles. The van der Waals surface area contributed by atoms with Gasteiger partial charge in [-0.05, 0) is 56.6 Å². The number of hydrogen-bond donors (Lipinski definition) is 0. The van der Waals surface area contributed by atoms with E-state index >= 15 is 0 Å². The Morgan fingerprint density at radius 3 is 2.46 bits per heavy atom. The van der Waals surface area contributed by atoms with Crippen molar-refractivity contribution in [1.82, 2.24) is 19.6 Å². The summed E-state index contributed by atoms with van der Waals surface area (Å²) in [6, 6.07) is 12.9. The molecule has 3 heterocycles. The van der Waals surface area contributed by atoms with E-state index in [1.807, 2.05) is 11.9 Å². The average molecular weight is 476 g/mol. The number of likely N-dealkylation sites (N-methyl/N-ethyl adjacent to an activating group) is 2. The molecule has 0 N–H and O–H groups in total. The number of likely N-dealkylation sites (tertiary alicyclic amines) is 1. The summed E-state index contributed by atoms with van der Waals surface area (Å²) in [5.41, 5.74) is 2.65. The Hall–Kier alpha value is -3.06. The van der Waals surface area contributed by atoms with Crippen molar-refractivity contribution in [2.45, 2.75) is 37.9 Å². The van der Waals surface area contributed by atoms with E-state index in [1.165, 1.54) is 10.9 Å². The molecule has 3 aliphatic heterocycles. The topological polar surface area (TPSA) is 50.3 Å². The second kappa shape index (κ2) is 8.55. The van der Waals surface area contributed by atoms with Crippen LogP contribution in [-0.4, -0.2) is 96.5 Å². The van der Waals surface area contributed by atoms with Gasteiger partial charge in [-0.1, -0.05) is 36.4 Å². The molecule has 186 valence electrons. The van der Waals surface area contributed by atoms with Crippen LogP contribution in [0.4, 0.5) is 10.5 Å². The minimum atomic E-state index is -0.484. The molecule has 3 saturated heterocycles. The van der Waals surface area contributed by atoms with Crippen molar-refractivity contribution in [1.29, 1.82) is 0 Å². The lowest BCUT2D eigenvalue weighted by Gasteiger charge is -2.47. The number of aldehydes is 1. The van der Waals surface area contributed by atoms with E-state index in [0.29, 0.717) is 13.1 Å². The van der Waals surface area contributed by atoms with Gasteiger partial charge in [-0.25, -0.2) is 4.79 Å². The van der Waals surface area contributed by atoms with Gasteiger partial charge in [-0.15, -0.1) is 0 Å². The highest BCUT2D eigenvalue weighted by Crippen LogP contribution is 2.48. The van der Waals surface area contributed by atoms with Crippen LogP contribution in [0.1, 0.15) is 25.3 Å². The Bertz CT molecular complexity index is 1170. The maximum Gasteiger partial charge on any atom is 0.322 e. The van der Waals surface area contributed by atoms with E-state index in [1.54, 1.807) is 0 Å². The van der Waals surface area contributed by atoms with Gasteiger partial charge >= 0.3 is 6.03 Å². The molecular formula is C28H37N5O2. The lowest BCUT2D eigenvalue weighted by Crippen LogP contribution is -2.63. The van der Waals surface area contributed by atoms with Gasteiger partial charge in [0.2, 0.25) is 0 Å². The van der Waals surface area contributed by atoms with Gasteiger partial charge in [-0.2, -0.15) is 0 Å². The number of benzene rings is 2. The predicted octanol–water partition coefficient (Wildman–Crippen LogP) is 3.53. The lowest BCUT2D eigenvalue weighted by atomic mass is 9.86. The number of hydrogen-bond acceptors (Lipinski definition) is 5. The molecule has 1 atom stereocenters. The smallest absolute Gasteiger partial charge is 0.322 e. The van der Waals surface area contributed by atoms with Gasteiger partial charge in [0, 0.05) is 38.1 Å². The van der Waals surface area contributed by atoms with Gasteiger partial charge < -0.3 is 19.5 Å². The number of piperidine rings is 1. The van der Waals surface area contributed by atoms with E-state index in [-0.39, 0.29) is 18.1 Å². The predicted molar refractivity (Wildman–Crippen MR) is 141 cm³/mol. The molecular weight excluding hydrogens is 438 g/mol. The van der Waals surface area contributed by atoms with Gasteiger partial charge in [0.05, 0.1) is 25.2 Å². The number of anilines is 1. The fraction of sp³-hybridized carbons (Fsp3) is 0.500. The normalized spacial score (nSPS) is 23.9. The highest BCUT2D eigenvalue weighted by atomic mass is 16.2. The summed E-state index contributed by atoms with van der Waals surface area (Å²) in [7, 11) is 4.04. The molecule has 35 heavy (non-hydrogen) atoms. The molecule has 7 nitrogen and oxygen atoms in total. The number of aryl methyl sites for hydroxylation is 1. The molecule has 2 aromatic rings. The number of fused-ring (bicyclic) bond motifs is 3. The number of nitrogens with zero attached hydrogens (tertiary/aromatic N) is 5. The second-order valence-corrected chi connectivity index (χ2v) is 10.8. The molecule has 1 spiro atoms. The fourth-order valence-corrected chi connectivity index (χ4v) is 6.60. The summed E-state index contributed by atoms with van der Waals surface area (Å²) >= 11 is 0. The van der Waals surface area contributed by atoms with E-state index in [4.69, 9.17) is 0 Å². The van der Waals surface area contributed by atoms with Gasteiger partial charge in [0.15, 0.2) is 0 Å². The maximum absolute atomic E-state index is 13.6. The maximum atomic E-state index is 13.6. The number of urea groups is 1. The first-order valence-corrected chi connectivity index (χ1v) is 12.6. The first kappa shape index (κ1) is 23.7. The molecule has 2 aromatic carbocycles. The number of carbonyl (C=O) groups excluding carboxylic acids is 2. The fourth-order valence-electron chi connectivity index (χ4n) is 6.60. The zero-order chi connectivity index (χ0) is 25.0. The molecule has 0 bridgehead atoms. The Morgan fingerprint density at radius 1 is 1.09 bits per heavy atom. The molecule has 5 rings (SSSR count). The molecule has 2 amide bonds. The molecule has 3 fully saturated rings. The van der Waals surface area contributed by atoms with Crippen LogP contribution >= 0.6 is 0 Å². The number of carbonyl (C=O) groups is 2. The van der Waals surface area contributed by atoms with Gasteiger partial charge in [0.25, 0.3) is 0 Å². The zero-order valence-electron chi connectivity index (χ0n) is 21.5. The third-order valence-corrected chi connectivity index (χ3v) is 8.46. The SMILES string of the molecule is C=C(C)N1CCC2(CC1)CN(C)C1(CN(CC=O)c3ccc4cc(C)ccc4c3)CN(C)C(=O)N21. The van der Waals surface area contributed by atoms with Crippen molar-refractivity contribution in [2.75, 3.05) is 58.3 Å². The standard InChI is InChI=1S/C28H37N5O2/c1-21(2)31-12-10-27(11-13-31)18-30(5)28(19-29(4)26(35)33(27)28)20-32(14-15-34)25-9-8-23-16-22(3)6-7-24(23)17-25/h6-9,15-17H,1,10-14,18-20H2,2-5H3. The largest absolute Gasteiger partial charge is 0.375 e. The van der Waals surface area contributed by atoms with Crippen molar-refractivity contribution in [2.24, 2.45) is 0 Å². The van der Waals surface area contributed by atoms with Crippen molar-refractivity contribution in [3.8, 4) is 0 Å². The summed E-state index contributed by atoms with van der Waals surface area (Å²) < 4.78 is 0. The number of amides is 2. The minimum Gasteiger partial charge on any atom is -0.375 e. The van der Waals surface area contributed by atoms with Crippen LogP contribution in [0.5, 0.6) is 0 Å². The number of rotatable bonds is 6. The molecule has 7 heteroatoms. The lowest BCUT2D eigenvalue weighted by molar-refractivity contribution is -0.106. The summed E-state index contributed by atoms with van der Waals surface area (Å²) in [6.07, 6.45) is 2.82. The van der Waals surface area contributed by atoms with Gasteiger partial charge in [-0.3, -0.25) is 9.80 Å². The van der Waals surface area contributed by atoms with Crippen LogP contribution in [0.2, 0.25) is 0 Å². The van der Waals surface area contributed by atoms with Crippen LogP contribution in [-0.2, 0) is 4.79 Å². The molecule has 0 saturated carbocycles. The minimum absolute atomic E-state index is 0.0955. The van der Waals surface area contributed by atoms with Crippen LogP contribution < -0.4 is 4.90 Å². The highest BCUT2D eigenvalue weighted by molar-refractivity contribution is 5.87. The molecule has 0 radical (unpaired) electrons. The van der Waals surface area contributed by atoms with Crippen LogP contribution in [0.3, 0.4) is 0 Å². The van der Waals surface area contributed by atoms with E-state index in [0.717, 1.165) is 55.5 Å². The van der Waals surface area contributed by atoms with Crippen molar-refractivity contribution in [3.05, 3.63) is 54.2 Å². The molecule has 3 aliphatic rings. The van der Waals surface area contributed by atoms with Crippen LogP contribution in [0, 0.1) is 6.92 Å². The zero-order valence-corrected chi connectivity index (χ0v) is 21.5. The third-order valence-electron chi connectivity index (χ3n) is 8.46. The Labute approximate surface area is 208 Å². The monoisotopic (exact) mass is 475 g/mol. The highest BCUT2D eigenvalue weighted by Gasteiger charge is 2.65. The van der Waals surface area contributed by atoms with Crippen LogP contribution in [0.25, 0.3) is 10.8 Å². The summed E-state index contributed by atoms with van der Waals surface area (Å²) in [5, 5.41) is 2.35. The third kappa shape index (κ3) is 3.77. The first-order chi connectivity index (χ1) is 16.7. The van der Waals surface area contributed by atoms with Crippen molar-refractivity contribution in [3.63, 3.8) is 0 Å². The Balaban J connectivity index is 1.50.